The monoisotopic (exact) mass is 360 g/mol. The first-order chi connectivity index (χ1) is 12.6. The fourth-order valence-corrected chi connectivity index (χ4v) is 3.13. The van der Waals surface area contributed by atoms with Gasteiger partial charge >= 0.3 is 0 Å². The van der Waals surface area contributed by atoms with Gasteiger partial charge < -0.3 is 0 Å². The summed E-state index contributed by atoms with van der Waals surface area (Å²) in [6.07, 6.45) is 1.59. The van der Waals surface area contributed by atoms with Crippen molar-refractivity contribution in [3.63, 3.8) is 0 Å². The van der Waals surface area contributed by atoms with Crippen LogP contribution >= 0.6 is 11.6 Å². The highest BCUT2D eigenvalue weighted by atomic mass is 35.5. The Kier molecular flexibility index (Phi) is 3.83. The van der Waals surface area contributed by atoms with Gasteiger partial charge in [-0.15, -0.1) is 0 Å². The first-order valence-corrected chi connectivity index (χ1v) is 8.33. The van der Waals surface area contributed by atoms with Crippen molar-refractivity contribution in [3.8, 4) is 22.9 Å². The molecule has 2 heterocycles. The van der Waals surface area contributed by atoms with E-state index in [9.17, 15) is 4.79 Å². The fraction of sp³-hybridized carbons (Fsp3) is 0.0500. The summed E-state index contributed by atoms with van der Waals surface area (Å²) < 4.78 is 1.48. The second-order valence-electron chi connectivity index (χ2n) is 5.93. The Labute approximate surface area is 154 Å². The molecule has 0 aliphatic carbocycles. The standard InChI is InChI=1S/C20H13ClN4O/c1-12-18(14-4-2-13(10-22)3-5-14)19-17(11-23-12)20(26)25(24-19)16-8-6-15(21)7-9-16/h2-9,11,24H,1H3. The van der Waals surface area contributed by atoms with Gasteiger partial charge in [0.2, 0.25) is 0 Å². The molecule has 0 fully saturated rings. The first-order valence-electron chi connectivity index (χ1n) is 7.95. The molecule has 4 rings (SSSR count). The van der Waals surface area contributed by atoms with Crippen LogP contribution in [0.25, 0.3) is 27.7 Å². The van der Waals surface area contributed by atoms with E-state index >= 15 is 0 Å². The molecule has 1 N–H and O–H groups in total. The minimum Gasteiger partial charge on any atom is -0.290 e. The smallest absolute Gasteiger partial charge is 0.280 e. The SMILES string of the molecule is Cc1ncc2c(=O)n(-c3ccc(Cl)cc3)[nH]c2c1-c1ccc(C#N)cc1. The first kappa shape index (κ1) is 16.1. The summed E-state index contributed by atoms with van der Waals surface area (Å²) in [5.41, 5.74) is 4.34. The third-order valence-corrected chi connectivity index (χ3v) is 4.57. The number of fused-ring (bicyclic) bond motifs is 1. The number of nitrogens with one attached hydrogen (secondary N) is 1. The van der Waals surface area contributed by atoms with E-state index in [0.29, 0.717) is 27.2 Å². The molecule has 0 amide bonds. The van der Waals surface area contributed by atoms with Crippen molar-refractivity contribution in [2.24, 2.45) is 0 Å². The summed E-state index contributed by atoms with van der Waals surface area (Å²) in [5, 5.41) is 13.3. The normalized spacial score (nSPS) is 10.8. The van der Waals surface area contributed by atoms with E-state index in [1.807, 2.05) is 19.1 Å². The maximum absolute atomic E-state index is 12.8. The molecule has 0 atom stereocenters. The molecule has 0 bridgehead atoms. The molecule has 2 aromatic heterocycles. The summed E-state index contributed by atoms with van der Waals surface area (Å²) in [6, 6.07) is 16.4. The number of aromatic nitrogens is 3. The number of H-pyrrole nitrogens is 1. The van der Waals surface area contributed by atoms with Gasteiger partial charge in [0.05, 0.1) is 28.2 Å². The number of nitrogens with zero attached hydrogens (tertiary/aromatic N) is 3. The second kappa shape index (κ2) is 6.17. The fourth-order valence-electron chi connectivity index (χ4n) is 3.00. The number of pyridine rings is 1. The zero-order chi connectivity index (χ0) is 18.3. The van der Waals surface area contributed by atoms with Crippen LogP contribution in [-0.2, 0) is 0 Å². The number of hydrogen-bond donors (Lipinski definition) is 1. The molecule has 0 unspecified atom stereocenters. The van der Waals surface area contributed by atoms with Crippen molar-refractivity contribution in [2.45, 2.75) is 6.92 Å². The van der Waals surface area contributed by atoms with Crippen LogP contribution < -0.4 is 5.56 Å². The van der Waals surface area contributed by atoms with Gasteiger partial charge in [-0.25, -0.2) is 4.68 Å². The summed E-state index contributed by atoms with van der Waals surface area (Å²) in [7, 11) is 0. The van der Waals surface area contributed by atoms with Gasteiger partial charge in [0, 0.05) is 22.5 Å². The van der Waals surface area contributed by atoms with E-state index < -0.39 is 0 Å². The minimum absolute atomic E-state index is 0.176. The molecule has 0 aliphatic rings. The Hall–Kier alpha value is -3.36. The van der Waals surface area contributed by atoms with Crippen molar-refractivity contribution >= 4 is 22.5 Å². The van der Waals surface area contributed by atoms with Gasteiger partial charge in [0.15, 0.2) is 0 Å². The zero-order valence-corrected chi connectivity index (χ0v) is 14.6. The van der Waals surface area contributed by atoms with Crippen molar-refractivity contribution < 1.29 is 0 Å². The van der Waals surface area contributed by atoms with Crippen molar-refractivity contribution in [3.05, 3.63) is 81.4 Å². The lowest BCUT2D eigenvalue weighted by Crippen LogP contribution is -2.14. The summed E-state index contributed by atoms with van der Waals surface area (Å²) in [6.45, 7) is 1.89. The van der Waals surface area contributed by atoms with E-state index in [4.69, 9.17) is 16.9 Å². The van der Waals surface area contributed by atoms with Gasteiger partial charge in [-0.1, -0.05) is 23.7 Å². The summed E-state index contributed by atoms with van der Waals surface area (Å²) >= 11 is 5.94. The Balaban J connectivity index is 1.98. The van der Waals surface area contributed by atoms with Crippen LogP contribution in [0.3, 0.4) is 0 Å². The molecular formula is C20H13ClN4O. The number of halogens is 1. The average Bonchev–Trinajstić information content (AvgIpc) is 2.99. The highest BCUT2D eigenvalue weighted by Gasteiger charge is 2.16. The van der Waals surface area contributed by atoms with Crippen LogP contribution in [0.2, 0.25) is 5.02 Å². The summed E-state index contributed by atoms with van der Waals surface area (Å²) in [4.78, 5) is 17.2. The van der Waals surface area contributed by atoms with Crippen LogP contribution in [0.4, 0.5) is 0 Å². The number of benzene rings is 2. The minimum atomic E-state index is -0.176. The molecule has 0 saturated heterocycles. The number of hydrogen-bond acceptors (Lipinski definition) is 3. The lowest BCUT2D eigenvalue weighted by Gasteiger charge is -2.07. The summed E-state index contributed by atoms with van der Waals surface area (Å²) in [5.74, 6) is 0. The molecule has 2 aromatic carbocycles. The predicted octanol–water partition coefficient (Wildman–Crippen LogP) is 4.21. The van der Waals surface area contributed by atoms with Gasteiger partial charge in [0.25, 0.3) is 5.56 Å². The number of nitriles is 1. The van der Waals surface area contributed by atoms with E-state index in [1.165, 1.54) is 4.68 Å². The molecule has 126 valence electrons. The quantitative estimate of drug-likeness (QED) is 0.581. The predicted molar refractivity (Wildman–Crippen MR) is 102 cm³/mol. The Morgan fingerprint density at radius 1 is 1.12 bits per heavy atom. The van der Waals surface area contributed by atoms with Crippen molar-refractivity contribution in [1.29, 1.82) is 5.26 Å². The maximum atomic E-state index is 12.8. The molecule has 6 heteroatoms. The Morgan fingerprint density at radius 2 is 1.81 bits per heavy atom. The molecule has 0 radical (unpaired) electrons. The van der Waals surface area contributed by atoms with E-state index in [2.05, 4.69) is 16.2 Å². The van der Waals surface area contributed by atoms with Crippen LogP contribution in [0.5, 0.6) is 0 Å². The largest absolute Gasteiger partial charge is 0.290 e. The molecule has 0 aliphatic heterocycles. The Morgan fingerprint density at radius 3 is 2.46 bits per heavy atom. The number of aromatic amines is 1. The van der Waals surface area contributed by atoms with Gasteiger partial charge in [-0.3, -0.25) is 14.9 Å². The van der Waals surface area contributed by atoms with Crippen molar-refractivity contribution in [2.75, 3.05) is 0 Å². The topological polar surface area (TPSA) is 74.5 Å². The van der Waals surface area contributed by atoms with Gasteiger partial charge in [0.1, 0.15) is 0 Å². The highest BCUT2D eigenvalue weighted by Crippen LogP contribution is 2.29. The molecule has 26 heavy (non-hydrogen) atoms. The van der Waals surface area contributed by atoms with Gasteiger partial charge in [-0.05, 0) is 48.9 Å². The highest BCUT2D eigenvalue weighted by molar-refractivity contribution is 6.30. The van der Waals surface area contributed by atoms with E-state index in [0.717, 1.165) is 16.8 Å². The van der Waals surface area contributed by atoms with E-state index in [1.54, 1.807) is 42.6 Å². The molecular weight excluding hydrogens is 348 g/mol. The average molecular weight is 361 g/mol. The van der Waals surface area contributed by atoms with Gasteiger partial charge in [-0.2, -0.15) is 5.26 Å². The zero-order valence-electron chi connectivity index (χ0n) is 13.8. The molecule has 4 aromatic rings. The molecule has 0 spiro atoms. The third kappa shape index (κ3) is 2.57. The van der Waals surface area contributed by atoms with Crippen LogP contribution in [0.1, 0.15) is 11.3 Å². The third-order valence-electron chi connectivity index (χ3n) is 4.31. The number of aryl methyl sites for hydroxylation is 1. The molecule has 5 nitrogen and oxygen atoms in total. The van der Waals surface area contributed by atoms with E-state index in [-0.39, 0.29) is 5.56 Å². The lowest BCUT2D eigenvalue weighted by atomic mass is 10.0. The van der Waals surface area contributed by atoms with Crippen LogP contribution in [-0.4, -0.2) is 14.8 Å². The van der Waals surface area contributed by atoms with Crippen molar-refractivity contribution in [1.82, 2.24) is 14.8 Å². The Bertz CT molecular complexity index is 1210. The number of rotatable bonds is 2. The van der Waals surface area contributed by atoms with Crippen LogP contribution in [0.15, 0.2) is 59.5 Å². The second-order valence-corrected chi connectivity index (χ2v) is 6.36. The van der Waals surface area contributed by atoms with Crippen LogP contribution in [0, 0.1) is 18.3 Å². The lowest BCUT2D eigenvalue weighted by molar-refractivity contribution is 0.864. The maximum Gasteiger partial charge on any atom is 0.280 e. The molecule has 0 saturated carbocycles.